The van der Waals surface area contributed by atoms with Gasteiger partial charge >= 0.3 is 0 Å². The number of hydrogen-bond acceptors (Lipinski definition) is 3. The lowest BCUT2D eigenvalue weighted by molar-refractivity contribution is -0.116. The van der Waals surface area contributed by atoms with Crippen LogP contribution in [0.25, 0.3) is 32.6 Å². The Bertz CT molecular complexity index is 1430. The Labute approximate surface area is 211 Å². The minimum Gasteiger partial charge on any atom is -0.341 e. The molecule has 1 aromatic heterocycles. The monoisotopic (exact) mass is 483 g/mol. The van der Waals surface area contributed by atoms with Crippen molar-refractivity contribution in [3.63, 3.8) is 0 Å². The van der Waals surface area contributed by atoms with E-state index in [4.69, 9.17) is 0 Å². The summed E-state index contributed by atoms with van der Waals surface area (Å²) in [6.45, 7) is 7.85. The van der Waals surface area contributed by atoms with Gasteiger partial charge in [-0.2, -0.15) is 0 Å². The topological polar surface area (TPSA) is 46.1 Å². The molecule has 0 bridgehead atoms. The van der Waals surface area contributed by atoms with Crippen LogP contribution in [0.15, 0.2) is 89.8 Å². The average Bonchev–Trinajstić information content (AvgIpc) is 3.22. The van der Waals surface area contributed by atoms with Gasteiger partial charge in [0.15, 0.2) is 0 Å². The number of aromatic nitrogens is 1. The van der Waals surface area contributed by atoms with Crippen molar-refractivity contribution in [2.24, 2.45) is 0 Å². The van der Waals surface area contributed by atoms with Gasteiger partial charge in [-0.1, -0.05) is 68.4 Å². The SMILES string of the molecule is CC.CCn1c2ccccc2c2cc(NC(=O)CCCNSc3cccc4ccccc34)ccc21. The smallest absolute Gasteiger partial charge is 0.224 e. The molecule has 0 atom stereocenters. The number of rotatable bonds is 8. The molecule has 0 aliphatic rings. The van der Waals surface area contributed by atoms with Crippen molar-refractivity contribution < 1.29 is 4.79 Å². The summed E-state index contributed by atoms with van der Waals surface area (Å²) in [6.07, 6.45) is 1.26. The number of amides is 1. The maximum Gasteiger partial charge on any atom is 0.224 e. The van der Waals surface area contributed by atoms with Crippen molar-refractivity contribution in [1.29, 1.82) is 0 Å². The third-order valence-electron chi connectivity index (χ3n) is 5.99. The van der Waals surface area contributed by atoms with E-state index in [1.54, 1.807) is 11.9 Å². The second-order valence-corrected chi connectivity index (χ2v) is 9.05. The maximum absolute atomic E-state index is 12.5. The van der Waals surface area contributed by atoms with E-state index in [2.05, 4.69) is 100 Å². The van der Waals surface area contributed by atoms with E-state index in [1.807, 2.05) is 19.9 Å². The van der Waals surface area contributed by atoms with Crippen LogP contribution < -0.4 is 10.0 Å². The fraction of sp³-hybridized carbons (Fsp3) is 0.233. The standard InChI is InChI=1S/C28H27N3OS.C2H6/c1-2-31-25-13-6-5-12-23(25)24-19-21(16-17-26(24)31)30-28(32)15-8-18-29-33-27-14-7-10-20-9-3-4-11-22(20)27;1-2/h3-7,9-14,16-17,19,29H,2,8,15,18H2,1H3,(H,30,32);1-2H3. The molecule has 0 spiro atoms. The summed E-state index contributed by atoms with van der Waals surface area (Å²) in [7, 11) is 0. The number of anilines is 1. The van der Waals surface area contributed by atoms with Crippen molar-refractivity contribution in [2.75, 3.05) is 11.9 Å². The molecule has 0 saturated carbocycles. The predicted octanol–water partition coefficient (Wildman–Crippen LogP) is 8.01. The largest absolute Gasteiger partial charge is 0.341 e. The zero-order valence-electron chi connectivity index (χ0n) is 20.7. The Hall–Kier alpha value is -3.28. The van der Waals surface area contributed by atoms with Gasteiger partial charge in [-0.25, -0.2) is 0 Å². The average molecular weight is 484 g/mol. The lowest BCUT2D eigenvalue weighted by Crippen LogP contribution is -2.14. The Morgan fingerprint density at radius 2 is 1.54 bits per heavy atom. The molecule has 0 saturated heterocycles. The van der Waals surface area contributed by atoms with Crippen LogP contribution in [0.5, 0.6) is 0 Å². The molecular weight excluding hydrogens is 450 g/mol. The number of para-hydroxylation sites is 1. The molecule has 4 nitrogen and oxygen atoms in total. The van der Waals surface area contributed by atoms with Gasteiger partial charge in [-0.05, 0) is 66.4 Å². The lowest BCUT2D eigenvalue weighted by atomic mass is 10.1. The van der Waals surface area contributed by atoms with E-state index in [1.165, 1.54) is 37.5 Å². The number of nitrogens with zero attached hydrogens (tertiary/aromatic N) is 1. The minimum absolute atomic E-state index is 0.0468. The molecule has 5 heteroatoms. The normalized spacial score (nSPS) is 10.9. The van der Waals surface area contributed by atoms with Crippen molar-refractivity contribution in [1.82, 2.24) is 9.29 Å². The molecule has 2 N–H and O–H groups in total. The zero-order chi connectivity index (χ0) is 24.6. The van der Waals surface area contributed by atoms with Gasteiger partial charge in [-0.15, -0.1) is 0 Å². The highest BCUT2D eigenvalue weighted by atomic mass is 32.2. The summed E-state index contributed by atoms with van der Waals surface area (Å²) < 4.78 is 5.72. The fourth-order valence-corrected chi connectivity index (χ4v) is 5.27. The van der Waals surface area contributed by atoms with Crippen LogP contribution in [0.4, 0.5) is 5.69 Å². The van der Waals surface area contributed by atoms with Crippen LogP contribution in [-0.2, 0) is 11.3 Å². The van der Waals surface area contributed by atoms with Crippen LogP contribution in [-0.4, -0.2) is 17.0 Å². The van der Waals surface area contributed by atoms with Gasteiger partial charge in [0.1, 0.15) is 0 Å². The predicted molar refractivity (Wildman–Crippen MR) is 152 cm³/mol. The van der Waals surface area contributed by atoms with Crippen LogP contribution in [0.3, 0.4) is 0 Å². The van der Waals surface area contributed by atoms with Crippen molar-refractivity contribution >= 4 is 56.1 Å². The van der Waals surface area contributed by atoms with E-state index in [0.717, 1.165) is 25.2 Å². The number of aryl methyl sites for hydroxylation is 1. The highest BCUT2D eigenvalue weighted by Crippen LogP contribution is 2.31. The molecule has 0 aliphatic heterocycles. The summed E-state index contributed by atoms with van der Waals surface area (Å²) in [5.74, 6) is 0.0468. The number of hydrogen-bond donors (Lipinski definition) is 2. The van der Waals surface area contributed by atoms with Crippen LogP contribution in [0, 0.1) is 0 Å². The van der Waals surface area contributed by atoms with Gasteiger partial charge in [0.2, 0.25) is 5.91 Å². The number of carbonyl (C=O) groups is 1. The number of nitrogens with one attached hydrogen (secondary N) is 2. The molecule has 0 fully saturated rings. The summed E-state index contributed by atoms with van der Waals surface area (Å²) in [6, 6.07) is 29.4. The first-order chi connectivity index (χ1) is 17.2. The molecule has 0 radical (unpaired) electrons. The molecule has 4 aromatic carbocycles. The van der Waals surface area contributed by atoms with Gasteiger partial charge in [-0.3, -0.25) is 9.52 Å². The summed E-state index contributed by atoms with van der Waals surface area (Å²) in [4.78, 5) is 13.7. The third-order valence-corrected chi connectivity index (χ3v) is 6.91. The van der Waals surface area contributed by atoms with Crippen molar-refractivity contribution in [3.05, 3.63) is 84.9 Å². The van der Waals surface area contributed by atoms with Gasteiger partial charge in [0, 0.05) is 51.9 Å². The van der Waals surface area contributed by atoms with Gasteiger partial charge < -0.3 is 9.88 Å². The lowest BCUT2D eigenvalue weighted by Gasteiger charge is -2.08. The molecular formula is C30H33N3OS. The third kappa shape index (κ3) is 5.53. The van der Waals surface area contributed by atoms with E-state index in [-0.39, 0.29) is 5.91 Å². The second-order valence-electron chi connectivity index (χ2n) is 8.12. The van der Waals surface area contributed by atoms with E-state index in [0.29, 0.717) is 6.42 Å². The number of fused-ring (bicyclic) bond motifs is 4. The summed E-state index contributed by atoms with van der Waals surface area (Å²) in [5, 5.41) is 7.96. The Balaban J connectivity index is 0.00000141. The molecule has 1 amide bonds. The van der Waals surface area contributed by atoms with Crippen molar-refractivity contribution in [3.8, 4) is 0 Å². The second kappa shape index (κ2) is 11.9. The Morgan fingerprint density at radius 1 is 0.829 bits per heavy atom. The van der Waals surface area contributed by atoms with Crippen molar-refractivity contribution in [2.45, 2.75) is 45.1 Å². The first-order valence-electron chi connectivity index (χ1n) is 12.4. The van der Waals surface area contributed by atoms with E-state index in [9.17, 15) is 4.79 Å². The van der Waals surface area contributed by atoms with Gasteiger partial charge in [0.25, 0.3) is 0 Å². The highest BCUT2D eigenvalue weighted by molar-refractivity contribution is 7.97. The Kier molecular flexibility index (Phi) is 8.45. The first-order valence-corrected chi connectivity index (χ1v) is 13.2. The van der Waals surface area contributed by atoms with Crippen LogP contribution >= 0.6 is 11.9 Å². The van der Waals surface area contributed by atoms with Gasteiger partial charge in [0.05, 0.1) is 0 Å². The number of benzene rings is 4. The quantitative estimate of drug-likeness (QED) is 0.174. The summed E-state index contributed by atoms with van der Waals surface area (Å²) in [5.41, 5.74) is 3.28. The molecule has 0 aliphatic carbocycles. The number of carbonyl (C=O) groups excluding carboxylic acids is 1. The molecule has 1 heterocycles. The molecule has 5 aromatic rings. The molecule has 180 valence electrons. The first kappa shape index (κ1) is 24.8. The highest BCUT2D eigenvalue weighted by Gasteiger charge is 2.11. The minimum atomic E-state index is 0.0468. The Morgan fingerprint density at radius 3 is 2.37 bits per heavy atom. The van der Waals surface area contributed by atoms with E-state index < -0.39 is 0 Å². The van der Waals surface area contributed by atoms with E-state index >= 15 is 0 Å². The maximum atomic E-state index is 12.5. The molecule has 35 heavy (non-hydrogen) atoms. The van der Waals surface area contributed by atoms with Crippen LogP contribution in [0.2, 0.25) is 0 Å². The summed E-state index contributed by atoms with van der Waals surface area (Å²) >= 11 is 1.63. The zero-order valence-corrected chi connectivity index (χ0v) is 21.5. The van der Waals surface area contributed by atoms with Crippen LogP contribution in [0.1, 0.15) is 33.6 Å². The fourth-order valence-electron chi connectivity index (χ4n) is 4.43. The molecule has 0 unspecified atom stereocenters. The molecule has 5 rings (SSSR count).